The first-order valence-electron chi connectivity index (χ1n) is 10.0. The first-order valence-corrected chi connectivity index (χ1v) is 10.0. The van der Waals surface area contributed by atoms with Gasteiger partial charge in [-0.3, -0.25) is 14.9 Å². The maximum Gasteiger partial charge on any atom is 0.269 e. The Labute approximate surface area is 174 Å². The zero-order chi connectivity index (χ0) is 20.9. The lowest BCUT2D eigenvalue weighted by atomic mass is 10.1. The monoisotopic (exact) mass is 405 g/mol. The van der Waals surface area contributed by atoms with Crippen LogP contribution in [0.15, 0.2) is 54.6 Å². The molecule has 3 aromatic rings. The minimum absolute atomic E-state index is 0.0482. The first-order chi connectivity index (χ1) is 14.6. The zero-order valence-corrected chi connectivity index (χ0v) is 16.5. The number of benzene rings is 2. The van der Waals surface area contributed by atoms with Gasteiger partial charge in [-0.25, -0.2) is 4.98 Å². The number of para-hydroxylation sites is 1. The summed E-state index contributed by atoms with van der Waals surface area (Å²) >= 11 is 0. The number of fused-ring (bicyclic) bond motifs is 1. The molecule has 8 heteroatoms. The Hall–Kier alpha value is -3.68. The average Bonchev–Trinajstić information content (AvgIpc) is 3.31. The summed E-state index contributed by atoms with van der Waals surface area (Å²) in [5.74, 6) is 0.590. The van der Waals surface area contributed by atoms with Gasteiger partial charge in [0.1, 0.15) is 5.82 Å². The van der Waals surface area contributed by atoms with Gasteiger partial charge in [0.15, 0.2) is 0 Å². The number of hydrogen-bond donors (Lipinski definition) is 2. The highest BCUT2D eigenvalue weighted by Crippen LogP contribution is 2.26. The van der Waals surface area contributed by atoms with Crippen LogP contribution in [-0.4, -0.2) is 42.0 Å². The highest BCUT2D eigenvalue weighted by Gasteiger charge is 2.21. The Kier molecular flexibility index (Phi) is 5.74. The molecule has 30 heavy (non-hydrogen) atoms. The molecule has 4 rings (SSSR count). The highest BCUT2D eigenvalue weighted by molar-refractivity contribution is 6.02. The molecule has 0 bridgehead atoms. The van der Waals surface area contributed by atoms with Gasteiger partial charge >= 0.3 is 0 Å². The molecule has 0 atom stereocenters. The molecule has 0 radical (unpaired) electrons. The number of carbonyl (C=O) groups is 1. The van der Waals surface area contributed by atoms with Crippen LogP contribution in [-0.2, 0) is 0 Å². The summed E-state index contributed by atoms with van der Waals surface area (Å²) in [6.45, 7) is 2.74. The molecule has 0 unspecified atom stereocenters. The molecule has 0 aliphatic carbocycles. The molecule has 1 aromatic heterocycles. The summed E-state index contributed by atoms with van der Waals surface area (Å²) in [6.07, 6.45) is 2.21. The smallest absolute Gasteiger partial charge is 0.269 e. The van der Waals surface area contributed by atoms with E-state index in [0.29, 0.717) is 18.7 Å². The van der Waals surface area contributed by atoms with E-state index in [0.717, 1.165) is 48.3 Å². The predicted octanol–water partition coefficient (Wildman–Crippen LogP) is 3.59. The fourth-order valence-electron chi connectivity index (χ4n) is 3.62. The predicted molar refractivity (Wildman–Crippen MR) is 117 cm³/mol. The Morgan fingerprint density at radius 3 is 2.53 bits per heavy atom. The van der Waals surface area contributed by atoms with Crippen molar-refractivity contribution in [1.29, 1.82) is 0 Å². The summed E-state index contributed by atoms with van der Waals surface area (Å²) in [4.78, 5) is 30.1. The molecule has 2 aromatic carbocycles. The first kappa shape index (κ1) is 19.6. The molecular formula is C22H23N5O3. The number of non-ortho nitro benzene ring substituents is 1. The fraction of sp³-hybridized carbons (Fsp3) is 0.273. The molecule has 8 nitrogen and oxygen atoms in total. The second-order valence-electron chi connectivity index (χ2n) is 7.23. The van der Waals surface area contributed by atoms with E-state index in [2.05, 4.69) is 15.5 Å². The number of carbonyl (C=O) groups excluding carboxylic acids is 1. The number of hydrogen-bond acceptors (Lipinski definition) is 6. The van der Waals surface area contributed by atoms with Crippen molar-refractivity contribution in [3.05, 3.63) is 70.3 Å². The normalized spacial score (nSPS) is 13.4. The molecule has 0 spiro atoms. The van der Waals surface area contributed by atoms with Gasteiger partial charge in [0.25, 0.3) is 11.6 Å². The van der Waals surface area contributed by atoms with Crippen molar-refractivity contribution in [2.45, 2.75) is 12.8 Å². The van der Waals surface area contributed by atoms with Crippen LogP contribution in [0.1, 0.15) is 23.2 Å². The van der Waals surface area contributed by atoms with E-state index < -0.39 is 4.92 Å². The quantitative estimate of drug-likeness (QED) is 0.354. The molecule has 1 aliphatic heterocycles. The van der Waals surface area contributed by atoms with Crippen molar-refractivity contribution in [2.24, 2.45) is 0 Å². The molecule has 1 fully saturated rings. The SMILES string of the molecule is O=C(NCCNc1ccc([N+](=O)[O-])cc1)c1cc2ccccc2nc1N1CCCC1. The standard InChI is InChI=1S/C22H23N5O3/c28-22(24-12-11-23-17-7-9-18(10-8-17)27(29)30)19-15-16-5-1-2-6-20(16)25-21(19)26-13-3-4-14-26/h1-2,5-10,15,23H,3-4,11-14H2,(H,24,28). The summed E-state index contributed by atoms with van der Waals surface area (Å²) in [7, 11) is 0. The molecule has 154 valence electrons. The lowest BCUT2D eigenvalue weighted by Gasteiger charge is -2.20. The Morgan fingerprint density at radius 1 is 1.07 bits per heavy atom. The van der Waals surface area contributed by atoms with Crippen LogP contribution in [0.3, 0.4) is 0 Å². The summed E-state index contributed by atoms with van der Waals surface area (Å²) in [6, 6.07) is 15.9. The minimum atomic E-state index is -0.431. The number of pyridine rings is 1. The number of anilines is 2. The van der Waals surface area contributed by atoms with E-state index in [1.54, 1.807) is 12.1 Å². The Bertz CT molecular complexity index is 1060. The number of nitro benzene ring substituents is 1. The van der Waals surface area contributed by atoms with Crippen molar-refractivity contribution in [1.82, 2.24) is 10.3 Å². The lowest BCUT2D eigenvalue weighted by molar-refractivity contribution is -0.384. The van der Waals surface area contributed by atoms with E-state index in [1.165, 1.54) is 12.1 Å². The molecule has 2 N–H and O–H groups in total. The third-order valence-electron chi connectivity index (χ3n) is 5.17. The van der Waals surface area contributed by atoms with Crippen LogP contribution in [0.2, 0.25) is 0 Å². The van der Waals surface area contributed by atoms with Gasteiger partial charge in [0.2, 0.25) is 0 Å². The van der Waals surface area contributed by atoms with Gasteiger partial charge in [-0.05, 0) is 37.1 Å². The number of nitro groups is 1. The number of amides is 1. The third-order valence-corrected chi connectivity index (χ3v) is 5.17. The van der Waals surface area contributed by atoms with E-state index in [9.17, 15) is 14.9 Å². The van der Waals surface area contributed by atoms with E-state index >= 15 is 0 Å². The minimum Gasteiger partial charge on any atom is -0.383 e. The van der Waals surface area contributed by atoms with E-state index in [-0.39, 0.29) is 11.6 Å². The second kappa shape index (κ2) is 8.77. The van der Waals surface area contributed by atoms with Gasteiger partial charge in [-0.15, -0.1) is 0 Å². The Morgan fingerprint density at radius 2 is 1.80 bits per heavy atom. The van der Waals surface area contributed by atoms with E-state index in [4.69, 9.17) is 4.98 Å². The summed E-state index contributed by atoms with van der Waals surface area (Å²) < 4.78 is 0. The number of nitrogens with one attached hydrogen (secondary N) is 2. The van der Waals surface area contributed by atoms with Gasteiger partial charge in [-0.1, -0.05) is 18.2 Å². The number of rotatable bonds is 7. The fourth-order valence-corrected chi connectivity index (χ4v) is 3.62. The number of aromatic nitrogens is 1. The maximum absolute atomic E-state index is 12.9. The molecule has 1 amide bonds. The molecule has 1 saturated heterocycles. The molecule has 1 aliphatic rings. The average molecular weight is 405 g/mol. The Balaban J connectivity index is 1.42. The largest absolute Gasteiger partial charge is 0.383 e. The topological polar surface area (TPSA) is 100 Å². The maximum atomic E-state index is 12.9. The molecular weight excluding hydrogens is 382 g/mol. The summed E-state index contributed by atoms with van der Waals surface area (Å²) in [5, 5.41) is 17.8. The van der Waals surface area contributed by atoms with Crippen molar-refractivity contribution in [2.75, 3.05) is 36.4 Å². The van der Waals surface area contributed by atoms with Crippen LogP contribution in [0.4, 0.5) is 17.2 Å². The van der Waals surface area contributed by atoms with Crippen LogP contribution in [0.5, 0.6) is 0 Å². The molecule has 2 heterocycles. The van der Waals surface area contributed by atoms with Crippen molar-refractivity contribution in [3.63, 3.8) is 0 Å². The van der Waals surface area contributed by atoms with Gasteiger partial charge in [-0.2, -0.15) is 0 Å². The summed E-state index contributed by atoms with van der Waals surface area (Å²) in [5.41, 5.74) is 2.29. The van der Waals surface area contributed by atoms with E-state index in [1.807, 2.05) is 30.3 Å². The van der Waals surface area contributed by atoms with Crippen LogP contribution < -0.4 is 15.5 Å². The van der Waals surface area contributed by atoms with Crippen molar-refractivity contribution >= 4 is 34.0 Å². The van der Waals surface area contributed by atoms with Crippen LogP contribution >= 0.6 is 0 Å². The zero-order valence-electron chi connectivity index (χ0n) is 16.5. The van der Waals surface area contributed by atoms with Crippen molar-refractivity contribution in [3.8, 4) is 0 Å². The van der Waals surface area contributed by atoms with Crippen LogP contribution in [0, 0.1) is 10.1 Å². The highest BCUT2D eigenvalue weighted by atomic mass is 16.6. The van der Waals surface area contributed by atoms with Gasteiger partial charge < -0.3 is 15.5 Å². The van der Waals surface area contributed by atoms with Gasteiger partial charge in [0.05, 0.1) is 16.0 Å². The molecule has 0 saturated carbocycles. The lowest BCUT2D eigenvalue weighted by Crippen LogP contribution is -2.31. The van der Waals surface area contributed by atoms with Crippen molar-refractivity contribution < 1.29 is 9.72 Å². The van der Waals surface area contributed by atoms with Crippen LogP contribution in [0.25, 0.3) is 10.9 Å². The number of nitrogens with zero attached hydrogens (tertiary/aromatic N) is 3. The van der Waals surface area contributed by atoms with Gasteiger partial charge in [0, 0.05) is 49.4 Å². The third kappa shape index (κ3) is 4.32. The second-order valence-corrected chi connectivity index (χ2v) is 7.23.